The zero-order chi connectivity index (χ0) is 28.9. The molecule has 3 nitrogen and oxygen atoms in total. The van der Waals surface area contributed by atoms with Gasteiger partial charge in [0, 0.05) is 43.4 Å². The fraction of sp³-hybridized carbons (Fsp3) is 0.0769. The molecule has 0 unspecified atom stereocenters. The van der Waals surface area contributed by atoms with E-state index in [0.717, 1.165) is 50.4 Å². The molecular weight excluding hydrogens is 705 g/mol. The molecule has 0 bridgehead atoms. The van der Waals surface area contributed by atoms with Crippen molar-refractivity contribution in [1.82, 2.24) is 9.97 Å². The molecule has 3 heterocycles. The summed E-state index contributed by atoms with van der Waals surface area (Å²) in [4.78, 5) is 8.73. The molecule has 7 rings (SSSR count). The molecule has 213 valence electrons. The third-order valence-corrected chi connectivity index (χ3v) is 7.26. The fourth-order valence-electron chi connectivity index (χ4n) is 4.96. The van der Waals surface area contributed by atoms with Crippen LogP contribution in [0.15, 0.2) is 132 Å². The molecule has 0 spiro atoms. The molecule has 0 saturated heterocycles. The molecule has 3 aromatic heterocycles. The van der Waals surface area contributed by atoms with Crippen molar-refractivity contribution < 1.29 is 24.5 Å². The molecule has 4 heteroatoms. The predicted molar refractivity (Wildman–Crippen MR) is 172 cm³/mol. The Kier molecular flexibility index (Phi) is 9.41. The van der Waals surface area contributed by atoms with E-state index < -0.39 is 0 Å². The van der Waals surface area contributed by atoms with Gasteiger partial charge in [0.05, 0.1) is 0 Å². The second-order valence-corrected chi connectivity index (χ2v) is 10.3. The molecule has 0 atom stereocenters. The number of fused-ring (bicyclic) bond motifs is 1. The van der Waals surface area contributed by atoms with E-state index in [4.69, 9.17) is 4.42 Å². The number of hydrogen-bond acceptors (Lipinski definition) is 3. The zero-order valence-corrected chi connectivity index (χ0v) is 26.7. The normalized spacial score (nSPS) is 10.5. The van der Waals surface area contributed by atoms with Crippen molar-refractivity contribution >= 4 is 11.0 Å². The number of hydrogen-bond donors (Lipinski definition) is 0. The second kappa shape index (κ2) is 13.6. The molecule has 7 aromatic rings. The topological polar surface area (TPSA) is 38.9 Å². The van der Waals surface area contributed by atoms with Crippen LogP contribution in [-0.2, 0) is 20.1 Å². The van der Waals surface area contributed by atoms with Gasteiger partial charge in [0.1, 0.15) is 11.3 Å². The van der Waals surface area contributed by atoms with Gasteiger partial charge in [-0.3, -0.25) is 0 Å². The molecule has 1 radical (unpaired) electrons. The maximum absolute atomic E-state index is 6.16. The van der Waals surface area contributed by atoms with Gasteiger partial charge in [-0.05, 0) is 67.6 Å². The van der Waals surface area contributed by atoms with Crippen LogP contribution in [-0.4, -0.2) is 9.97 Å². The quantitative estimate of drug-likeness (QED) is 0.169. The number of aromatic nitrogens is 2. The number of aryl methyl sites for hydroxylation is 3. The van der Waals surface area contributed by atoms with E-state index in [0.29, 0.717) is 0 Å². The molecular formula is C39H30IrN2O-2. The monoisotopic (exact) mass is 735 g/mol. The number of nitrogens with zero attached hydrogens (tertiary/aromatic N) is 2. The summed E-state index contributed by atoms with van der Waals surface area (Å²) in [6.07, 6.45) is 3.64. The third kappa shape index (κ3) is 6.89. The summed E-state index contributed by atoms with van der Waals surface area (Å²) in [5.41, 5.74) is 12.0. The van der Waals surface area contributed by atoms with E-state index >= 15 is 0 Å². The van der Waals surface area contributed by atoms with Crippen molar-refractivity contribution in [3.8, 4) is 45.0 Å². The van der Waals surface area contributed by atoms with Crippen molar-refractivity contribution in [1.29, 1.82) is 0 Å². The first kappa shape index (κ1) is 29.8. The van der Waals surface area contributed by atoms with Crippen molar-refractivity contribution in [2.24, 2.45) is 0 Å². The van der Waals surface area contributed by atoms with Gasteiger partial charge in [-0.25, -0.2) is 0 Å². The summed E-state index contributed by atoms with van der Waals surface area (Å²) < 4.78 is 6.16. The fourth-order valence-corrected chi connectivity index (χ4v) is 4.96. The number of rotatable bonds is 4. The van der Waals surface area contributed by atoms with Gasteiger partial charge in [0.2, 0.25) is 0 Å². The minimum Gasteiger partial charge on any atom is -0.456 e. The van der Waals surface area contributed by atoms with Crippen LogP contribution >= 0.6 is 0 Å². The van der Waals surface area contributed by atoms with Gasteiger partial charge >= 0.3 is 0 Å². The van der Waals surface area contributed by atoms with Gasteiger partial charge in [-0.15, -0.1) is 71.3 Å². The summed E-state index contributed by atoms with van der Waals surface area (Å²) in [6.45, 7) is 6.34. The Bertz CT molecular complexity index is 1910. The van der Waals surface area contributed by atoms with Crippen molar-refractivity contribution in [3.05, 3.63) is 156 Å². The van der Waals surface area contributed by atoms with Crippen molar-refractivity contribution in [3.63, 3.8) is 0 Å². The van der Waals surface area contributed by atoms with E-state index in [9.17, 15) is 0 Å². The molecule has 0 N–H and O–H groups in total. The summed E-state index contributed by atoms with van der Waals surface area (Å²) in [6, 6.07) is 45.3. The minimum absolute atomic E-state index is 0. The Labute approximate surface area is 266 Å². The maximum Gasteiger partial charge on any atom is 0.135 e. The average Bonchev–Trinajstić information content (AvgIpc) is 3.48. The molecule has 43 heavy (non-hydrogen) atoms. The van der Waals surface area contributed by atoms with E-state index in [-0.39, 0.29) is 20.1 Å². The van der Waals surface area contributed by atoms with Crippen LogP contribution in [0.3, 0.4) is 0 Å². The minimum atomic E-state index is 0. The van der Waals surface area contributed by atoms with E-state index in [2.05, 4.69) is 104 Å². The molecule has 4 aromatic carbocycles. The summed E-state index contributed by atoms with van der Waals surface area (Å²) in [5, 5.41) is 1.14. The second-order valence-electron chi connectivity index (χ2n) is 10.3. The number of benzene rings is 4. The average molecular weight is 735 g/mol. The third-order valence-electron chi connectivity index (χ3n) is 7.26. The van der Waals surface area contributed by atoms with E-state index in [1.165, 1.54) is 22.3 Å². The van der Waals surface area contributed by atoms with Crippen LogP contribution in [0.25, 0.3) is 55.9 Å². The molecule has 0 aliphatic rings. The van der Waals surface area contributed by atoms with Gasteiger partial charge < -0.3 is 14.4 Å². The first-order valence-corrected chi connectivity index (χ1v) is 14.0. The van der Waals surface area contributed by atoms with E-state index in [1.807, 2.05) is 60.8 Å². The standard InChI is InChI=1S/C28H22NO.C11H8N.Ir/c1-18-7-9-21(10-8-18)28-17-25-20(3)24(11-12-27(25)30-28)22-5-4-6-23(16-22)26-15-19(2)13-14-29-26;1-2-6-10(7-3-1)11-8-4-5-9-12-11;/h4-5,7-17H,1-3H3;1-6,8-9H;/q2*-1;. The predicted octanol–water partition coefficient (Wildman–Crippen LogP) is 10.1. The molecule has 0 amide bonds. The smallest absolute Gasteiger partial charge is 0.135 e. The summed E-state index contributed by atoms with van der Waals surface area (Å²) in [5.74, 6) is 0.899. The molecule has 0 aliphatic heterocycles. The van der Waals surface area contributed by atoms with Gasteiger partial charge in [0.15, 0.2) is 0 Å². The first-order chi connectivity index (χ1) is 20.5. The van der Waals surface area contributed by atoms with Crippen LogP contribution in [0, 0.1) is 32.9 Å². The van der Waals surface area contributed by atoms with Crippen LogP contribution in [0.1, 0.15) is 16.7 Å². The summed E-state index contributed by atoms with van der Waals surface area (Å²) >= 11 is 0. The van der Waals surface area contributed by atoms with Gasteiger partial charge in [0.25, 0.3) is 0 Å². The van der Waals surface area contributed by atoms with Crippen LogP contribution < -0.4 is 0 Å². The van der Waals surface area contributed by atoms with Crippen LogP contribution in [0.2, 0.25) is 0 Å². The Balaban J connectivity index is 0.000000238. The molecule has 0 aliphatic carbocycles. The summed E-state index contributed by atoms with van der Waals surface area (Å²) in [7, 11) is 0. The van der Waals surface area contributed by atoms with E-state index in [1.54, 1.807) is 6.20 Å². The van der Waals surface area contributed by atoms with Gasteiger partial charge in [-0.1, -0.05) is 59.7 Å². The Morgan fingerprint density at radius 2 is 1.37 bits per heavy atom. The van der Waals surface area contributed by atoms with Gasteiger partial charge in [-0.2, -0.15) is 0 Å². The van der Waals surface area contributed by atoms with Crippen LogP contribution in [0.5, 0.6) is 0 Å². The number of pyridine rings is 2. The number of furan rings is 1. The molecule has 0 fully saturated rings. The zero-order valence-electron chi connectivity index (χ0n) is 24.3. The Hall–Kier alpha value is -4.63. The SMILES string of the molecule is Cc1ccc(-c2cc3c(C)c(-c4cc[c-]c(-c5cc(C)ccn5)c4)ccc3o2)cc1.[Ir].[c-]1ccccc1-c1ccccn1. The van der Waals surface area contributed by atoms with Crippen molar-refractivity contribution in [2.75, 3.05) is 0 Å². The largest absolute Gasteiger partial charge is 0.456 e. The Morgan fingerprint density at radius 1 is 0.581 bits per heavy atom. The first-order valence-electron chi connectivity index (χ1n) is 14.0. The molecule has 0 saturated carbocycles. The van der Waals surface area contributed by atoms with Crippen molar-refractivity contribution in [2.45, 2.75) is 20.8 Å². The maximum atomic E-state index is 6.16. The Morgan fingerprint density at radius 3 is 2.12 bits per heavy atom. The van der Waals surface area contributed by atoms with Crippen LogP contribution in [0.4, 0.5) is 0 Å².